The first-order valence-corrected chi connectivity index (χ1v) is 6.57. The van der Waals surface area contributed by atoms with Crippen LogP contribution >= 0.6 is 0 Å². The van der Waals surface area contributed by atoms with Gasteiger partial charge in [-0.05, 0) is 58.8 Å². The maximum absolute atomic E-state index is 11.1. The molecule has 1 aromatic rings. The van der Waals surface area contributed by atoms with Crippen LogP contribution in [0.25, 0.3) is 0 Å². The Labute approximate surface area is 108 Å². The lowest BCUT2D eigenvalue weighted by Crippen LogP contribution is -2.32. The molecule has 0 spiro atoms. The van der Waals surface area contributed by atoms with E-state index in [9.17, 15) is 4.79 Å². The van der Waals surface area contributed by atoms with Crippen molar-refractivity contribution >= 4 is 5.97 Å². The van der Waals surface area contributed by atoms with E-state index in [0.717, 1.165) is 31.0 Å². The third-order valence-corrected chi connectivity index (χ3v) is 4.08. The SMILES string of the molecule is Cc1cc(C(=O)O)c(C)n1CC1CCN(C)CC1. The number of aryl methyl sites for hydroxylation is 1. The highest BCUT2D eigenvalue weighted by atomic mass is 16.4. The van der Waals surface area contributed by atoms with E-state index in [0.29, 0.717) is 11.5 Å². The van der Waals surface area contributed by atoms with Crippen LogP contribution in [0, 0.1) is 19.8 Å². The Hall–Kier alpha value is -1.29. The first-order valence-electron chi connectivity index (χ1n) is 6.57. The number of nitrogens with zero attached hydrogens (tertiary/aromatic N) is 2. The van der Waals surface area contributed by atoms with Crippen molar-refractivity contribution < 1.29 is 9.90 Å². The average molecular weight is 250 g/mol. The van der Waals surface area contributed by atoms with Gasteiger partial charge in [0.15, 0.2) is 0 Å². The Bertz CT molecular complexity index is 443. The molecular weight excluding hydrogens is 228 g/mol. The third kappa shape index (κ3) is 2.58. The highest BCUT2D eigenvalue weighted by molar-refractivity contribution is 5.89. The number of aromatic carboxylic acids is 1. The Morgan fingerprint density at radius 1 is 1.39 bits per heavy atom. The summed E-state index contributed by atoms with van der Waals surface area (Å²) < 4.78 is 2.17. The zero-order valence-corrected chi connectivity index (χ0v) is 11.4. The maximum Gasteiger partial charge on any atom is 0.337 e. The van der Waals surface area contributed by atoms with Gasteiger partial charge in [-0.25, -0.2) is 4.79 Å². The number of rotatable bonds is 3. The molecule has 1 N–H and O–H groups in total. The Balaban J connectivity index is 2.12. The summed E-state index contributed by atoms with van der Waals surface area (Å²) in [5.74, 6) is -0.148. The van der Waals surface area contributed by atoms with Crippen molar-refractivity contribution in [1.82, 2.24) is 9.47 Å². The van der Waals surface area contributed by atoms with Gasteiger partial charge < -0.3 is 14.6 Å². The molecule has 0 radical (unpaired) electrons. The zero-order valence-electron chi connectivity index (χ0n) is 11.4. The fourth-order valence-corrected chi connectivity index (χ4v) is 2.80. The van der Waals surface area contributed by atoms with E-state index in [1.54, 1.807) is 6.07 Å². The summed E-state index contributed by atoms with van der Waals surface area (Å²) in [6, 6.07) is 1.78. The molecule has 0 amide bonds. The molecular formula is C14H22N2O2. The second kappa shape index (κ2) is 5.14. The summed E-state index contributed by atoms with van der Waals surface area (Å²) in [4.78, 5) is 13.5. The number of hydrogen-bond donors (Lipinski definition) is 1. The summed E-state index contributed by atoms with van der Waals surface area (Å²) in [7, 11) is 2.16. The first-order chi connectivity index (χ1) is 8.49. The predicted octanol–water partition coefficient (Wildman–Crippen LogP) is 2.14. The van der Waals surface area contributed by atoms with Crippen LogP contribution in [0.1, 0.15) is 34.6 Å². The van der Waals surface area contributed by atoms with Crippen LogP contribution in [0.3, 0.4) is 0 Å². The van der Waals surface area contributed by atoms with Gasteiger partial charge in [0.2, 0.25) is 0 Å². The van der Waals surface area contributed by atoms with Gasteiger partial charge in [-0.3, -0.25) is 0 Å². The molecule has 100 valence electrons. The van der Waals surface area contributed by atoms with Crippen molar-refractivity contribution in [3.63, 3.8) is 0 Å². The van der Waals surface area contributed by atoms with Gasteiger partial charge in [-0.1, -0.05) is 0 Å². The van der Waals surface area contributed by atoms with Crippen LogP contribution in [0.2, 0.25) is 0 Å². The molecule has 1 aromatic heterocycles. The minimum absolute atomic E-state index is 0.445. The first kappa shape index (κ1) is 13.1. The molecule has 2 heterocycles. The van der Waals surface area contributed by atoms with Crippen LogP contribution < -0.4 is 0 Å². The molecule has 4 heteroatoms. The molecule has 4 nitrogen and oxygen atoms in total. The van der Waals surface area contributed by atoms with Gasteiger partial charge in [-0.2, -0.15) is 0 Å². The van der Waals surface area contributed by atoms with Gasteiger partial charge >= 0.3 is 5.97 Å². The lowest BCUT2D eigenvalue weighted by Gasteiger charge is -2.29. The number of aromatic nitrogens is 1. The highest BCUT2D eigenvalue weighted by Crippen LogP contribution is 2.22. The fourth-order valence-electron chi connectivity index (χ4n) is 2.80. The molecule has 0 unspecified atom stereocenters. The quantitative estimate of drug-likeness (QED) is 0.894. The number of carbonyl (C=O) groups is 1. The maximum atomic E-state index is 11.1. The van der Waals surface area contributed by atoms with Crippen LogP contribution in [-0.2, 0) is 6.54 Å². The molecule has 0 atom stereocenters. The van der Waals surface area contributed by atoms with E-state index in [1.807, 2.05) is 13.8 Å². The zero-order chi connectivity index (χ0) is 13.3. The van der Waals surface area contributed by atoms with E-state index >= 15 is 0 Å². The molecule has 1 aliphatic rings. The second-order valence-corrected chi connectivity index (χ2v) is 5.45. The summed E-state index contributed by atoms with van der Waals surface area (Å²) >= 11 is 0. The van der Waals surface area contributed by atoms with Crippen LogP contribution in [0.5, 0.6) is 0 Å². The van der Waals surface area contributed by atoms with Crippen molar-refractivity contribution in [3.8, 4) is 0 Å². The number of carboxylic acids is 1. The van der Waals surface area contributed by atoms with E-state index < -0.39 is 5.97 Å². The molecule has 18 heavy (non-hydrogen) atoms. The largest absolute Gasteiger partial charge is 0.478 e. The molecule has 1 fully saturated rings. The molecule has 1 saturated heterocycles. The van der Waals surface area contributed by atoms with E-state index in [-0.39, 0.29) is 0 Å². The molecule has 0 bridgehead atoms. The van der Waals surface area contributed by atoms with Gasteiger partial charge in [0.05, 0.1) is 5.56 Å². The van der Waals surface area contributed by atoms with Crippen molar-refractivity contribution in [2.24, 2.45) is 5.92 Å². The van der Waals surface area contributed by atoms with Crippen LogP contribution in [-0.4, -0.2) is 40.7 Å². The second-order valence-electron chi connectivity index (χ2n) is 5.45. The normalized spacial score (nSPS) is 18.2. The Kier molecular flexibility index (Phi) is 3.76. The van der Waals surface area contributed by atoms with Gasteiger partial charge in [-0.15, -0.1) is 0 Å². The number of likely N-dealkylation sites (tertiary alicyclic amines) is 1. The minimum atomic E-state index is -0.822. The van der Waals surface area contributed by atoms with Crippen LogP contribution in [0.15, 0.2) is 6.07 Å². The van der Waals surface area contributed by atoms with Gasteiger partial charge in [0.25, 0.3) is 0 Å². The monoisotopic (exact) mass is 250 g/mol. The number of piperidine rings is 1. The molecule has 1 aliphatic heterocycles. The highest BCUT2D eigenvalue weighted by Gasteiger charge is 2.20. The molecule has 0 saturated carbocycles. The molecule has 0 aliphatic carbocycles. The number of hydrogen-bond acceptors (Lipinski definition) is 2. The summed E-state index contributed by atoms with van der Waals surface area (Å²) in [5, 5.41) is 9.12. The summed E-state index contributed by atoms with van der Waals surface area (Å²) in [5.41, 5.74) is 2.39. The topological polar surface area (TPSA) is 45.5 Å². The van der Waals surface area contributed by atoms with Crippen molar-refractivity contribution in [1.29, 1.82) is 0 Å². The summed E-state index contributed by atoms with van der Waals surface area (Å²) in [6.45, 7) is 7.16. The Morgan fingerprint density at radius 2 is 2.00 bits per heavy atom. The van der Waals surface area contributed by atoms with Gasteiger partial charge in [0.1, 0.15) is 0 Å². The predicted molar refractivity (Wildman–Crippen MR) is 71.1 cm³/mol. The van der Waals surface area contributed by atoms with Gasteiger partial charge in [0, 0.05) is 17.9 Å². The van der Waals surface area contributed by atoms with Crippen molar-refractivity contribution in [3.05, 3.63) is 23.0 Å². The standard InChI is InChI=1S/C14H22N2O2/c1-10-8-13(14(17)18)11(2)16(10)9-12-4-6-15(3)7-5-12/h8,12H,4-7,9H2,1-3H3,(H,17,18). The van der Waals surface area contributed by atoms with Crippen molar-refractivity contribution in [2.45, 2.75) is 33.2 Å². The lowest BCUT2D eigenvalue weighted by atomic mass is 9.97. The minimum Gasteiger partial charge on any atom is -0.478 e. The van der Waals surface area contributed by atoms with Crippen molar-refractivity contribution in [2.75, 3.05) is 20.1 Å². The fraction of sp³-hybridized carbons (Fsp3) is 0.643. The number of carboxylic acid groups (broad SMARTS) is 1. The van der Waals surface area contributed by atoms with E-state index in [1.165, 1.54) is 12.8 Å². The smallest absolute Gasteiger partial charge is 0.337 e. The van der Waals surface area contributed by atoms with E-state index in [4.69, 9.17) is 5.11 Å². The molecule has 2 rings (SSSR count). The average Bonchev–Trinajstić information content (AvgIpc) is 2.60. The van der Waals surface area contributed by atoms with E-state index in [2.05, 4.69) is 16.5 Å². The Morgan fingerprint density at radius 3 is 2.50 bits per heavy atom. The molecule has 0 aromatic carbocycles. The third-order valence-electron chi connectivity index (χ3n) is 4.08. The summed E-state index contributed by atoms with van der Waals surface area (Å²) in [6.07, 6.45) is 2.41. The lowest BCUT2D eigenvalue weighted by molar-refractivity contribution is 0.0696. The van der Waals surface area contributed by atoms with Crippen LogP contribution in [0.4, 0.5) is 0 Å².